The van der Waals surface area contributed by atoms with E-state index in [1.807, 2.05) is 19.2 Å². The molecular weight excluding hydrogens is 429 g/mol. The number of fused-ring (bicyclic) bond motifs is 1. The summed E-state index contributed by atoms with van der Waals surface area (Å²) in [5.74, 6) is -0.888. The van der Waals surface area contributed by atoms with E-state index in [9.17, 15) is 13.2 Å². The highest BCUT2D eigenvalue weighted by Gasteiger charge is 2.31. The monoisotopic (exact) mass is 452 g/mol. The highest BCUT2D eigenvalue weighted by molar-refractivity contribution is 5.58. The normalized spacial score (nSPS) is 15.9. The standard InChI is InChI=1S/C24H23F3N6/c1-16(21(11-33-15-28-14-29-33)20-6-5-19(26)10-22(20)27)31-7-8-32-12-23(30-24(32)13-31)17-3-2-4-18(25)9-17/h2-6,9-10,12,14-16,21H,7-8,11,13H2,1H3. The van der Waals surface area contributed by atoms with Crippen molar-refractivity contribution >= 4 is 0 Å². The van der Waals surface area contributed by atoms with Gasteiger partial charge in [-0.1, -0.05) is 18.2 Å². The van der Waals surface area contributed by atoms with Crippen molar-refractivity contribution in [3.05, 3.63) is 90.2 Å². The maximum absolute atomic E-state index is 14.8. The molecule has 1 aliphatic heterocycles. The minimum atomic E-state index is -0.603. The van der Waals surface area contributed by atoms with Crippen molar-refractivity contribution in [1.82, 2.24) is 29.2 Å². The van der Waals surface area contributed by atoms with Crippen LogP contribution in [0.4, 0.5) is 13.2 Å². The van der Waals surface area contributed by atoms with Crippen LogP contribution in [-0.4, -0.2) is 41.8 Å². The zero-order valence-corrected chi connectivity index (χ0v) is 18.1. The van der Waals surface area contributed by atoms with Crippen LogP contribution in [-0.2, 0) is 19.6 Å². The number of hydrogen-bond donors (Lipinski definition) is 0. The van der Waals surface area contributed by atoms with Gasteiger partial charge in [0.05, 0.1) is 18.8 Å². The third kappa shape index (κ3) is 4.41. The maximum Gasteiger partial charge on any atom is 0.137 e. The van der Waals surface area contributed by atoms with Gasteiger partial charge < -0.3 is 4.57 Å². The van der Waals surface area contributed by atoms with E-state index in [1.165, 1.54) is 30.6 Å². The quantitative estimate of drug-likeness (QED) is 0.439. The third-order valence-electron chi connectivity index (χ3n) is 6.32. The number of benzene rings is 2. The fraction of sp³-hybridized carbons (Fsp3) is 0.292. The Morgan fingerprint density at radius 2 is 1.88 bits per heavy atom. The fourth-order valence-electron chi connectivity index (χ4n) is 4.50. The molecule has 5 rings (SSSR count). The Labute approximate surface area is 189 Å². The van der Waals surface area contributed by atoms with E-state index in [-0.39, 0.29) is 17.8 Å². The Morgan fingerprint density at radius 3 is 2.64 bits per heavy atom. The lowest BCUT2D eigenvalue weighted by Crippen LogP contribution is -2.43. The topological polar surface area (TPSA) is 51.8 Å². The lowest BCUT2D eigenvalue weighted by Gasteiger charge is -2.37. The zero-order valence-electron chi connectivity index (χ0n) is 18.1. The van der Waals surface area contributed by atoms with Crippen molar-refractivity contribution in [3.63, 3.8) is 0 Å². The average molecular weight is 452 g/mol. The Balaban J connectivity index is 1.41. The number of aromatic nitrogens is 5. The Morgan fingerprint density at radius 1 is 1.03 bits per heavy atom. The maximum atomic E-state index is 14.8. The van der Waals surface area contributed by atoms with Crippen molar-refractivity contribution in [2.75, 3.05) is 6.54 Å². The van der Waals surface area contributed by atoms with Gasteiger partial charge in [0, 0.05) is 42.9 Å². The van der Waals surface area contributed by atoms with E-state index in [4.69, 9.17) is 4.98 Å². The molecule has 6 nitrogen and oxygen atoms in total. The van der Waals surface area contributed by atoms with E-state index >= 15 is 0 Å². The van der Waals surface area contributed by atoms with Crippen molar-refractivity contribution in [2.24, 2.45) is 0 Å². The van der Waals surface area contributed by atoms with Gasteiger partial charge in [-0.3, -0.25) is 9.58 Å². The van der Waals surface area contributed by atoms with Crippen molar-refractivity contribution in [3.8, 4) is 11.3 Å². The number of hydrogen-bond acceptors (Lipinski definition) is 4. The lowest BCUT2D eigenvalue weighted by molar-refractivity contribution is 0.134. The second kappa shape index (κ2) is 8.82. The van der Waals surface area contributed by atoms with Crippen LogP contribution in [0.15, 0.2) is 61.3 Å². The summed E-state index contributed by atoms with van der Waals surface area (Å²) in [5.41, 5.74) is 1.89. The molecule has 0 N–H and O–H groups in total. The largest absolute Gasteiger partial charge is 0.332 e. The average Bonchev–Trinajstić information content (AvgIpc) is 3.47. The summed E-state index contributed by atoms with van der Waals surface area (Å²) >= 11 is 0. The van der Waals surface area contributed by atoms with Gasteiger partial charge in [-0.25, -0.2) is 23.1 Å². The predicted octanol–water partition coefficient (Wildman–Crippen LogP) is 4.25. The van der Waals surface area contributed by atoms with Gasteiger partial charge in [0.1, 0.15) is 35.9 Å². The van der Waals surface area contributed by atoms with E-state index in [0.29, 0.717) is 25.2 Å². The second-order valence-corrected chi connectivity index (χ2v) is 8.35. The molecule has 0 saturated heterocycles. The zero-order chi connectivity index (χ0) is 22.9. The molecule has 4 aromatic rings. The Bertz CT molecular complexity index is 1250. The molecule has 2 aromatic heterocycles. The molecule has 9 heteroatoms. The van der Waals surface area contributed by atoms with E-state index in [2.05, 4.69) is 19.5 Å². The van der Waals surface area contributed by atoms with Gasteiger partial charge in [-0.05, 0) is 30.7 Å². The van der Waals surface area contributed by atoms with Crippen LogP contribution in [0.5, 0.6) is 0 Å². The molecule has 0 fully saturated rings. The minimum absolute atomic E-state index is 0.0859. The summed E-state index contributed by atoms with van der Waals surface area (Å²) in [6.45, 7) is 4.46. The molecule has 0 saturated carbocycles. The van der Waals surface area contributed by atoms with Crippen molar-refractivity contribution in [1.29, 1.82) is 0 Å². The van der Waals surface area contributed by atoms with Gasteiger partial charge in [-0.15, -0.1) is 0 Å². The molecule has 0 amide bonds. The molecule has 3 heterocycles. The Kier molecular flexibility index (Phi) is 5.72. The van der Waals surface area contributed by atoms with Crippen LogP contribution >= 0.6 is 0 Å². The van der Waals surface area contributed by atoms with Gasteiger partial charge in [-0.2, -0.15) is 5.10 Å². The number of imidazole rings is 1. The summed E-state index contributed by atoms with van der Waals surface area (Å²) in [5, 5.41) is 4.18. The van der Waals surface area contributed by atoms with E-state index in [0.717, 1.165) is 29.7 Å². The number of rotatable bonds is 6. The van der Waals surface area contributed by atoms with Crippen LogP contribution in [0, 0.1) is 17.5 Å². The van der Waals surface area contributed by atoms with Crippen LogP contribution in [0.3, 0.4) is 0 Å². The highest BCUT2D eigenvalue weighted by atomic mass is 19.1. The fourth-order valence-corrected chi connectivity index (χ4v) is 4.50. The van der Waals surface area contributed by atoms with Gasteiger partial charge in [0.2, 0.25) is 0 Å². The summed E-state index contributed by atoms with van der Waals surface area (Å²) < 4.78 is 45.7. The van der Waals surface area contributed by atoms with Gasteiger partial charge >= 0.3 is 0 Å². The molecule has 0 aliphatic carbocycles. The molecule has 0 spiro atoms. The van der Waals surface area contributed by atoms with Crippen LogP contribution in [0.2, 0.25) is 0 Å². The third-order valence-corrected chi connectivity index (χ3v) is 6.32. The highest BCUT2D eigenvalue weighted by Crippen LogP contribution is 2.31. The lowest BCUT2D eigenvalue weighted by atomic mass is 9.90. The van der Waals surface area contributed by atoms with Crippen LogP contribution < -0.4 is 0 Å². The first kappa shape index (κ1) is 21.4. The summed E-state index contributed by atoms with van der Waals surface area (Å²) in [6, 6.07) is 10.0. The van der Waals surface area contributed by atoms with E-state index in [1.54, 1.807) is 17.1 Å². The van der Waals surface area contributed by atoms with E-state index < -0.39 is 11.6 Å². The van der Waals surface area contributed by atoms with Crippen molar-refractivity contribution < 1.29 is 13.2 Å². The summed E-state index contributed by atoms with van der Waals surface area (Å²) in [4.78, 5) is 11.0. The first-order valence-corrected chi connectivity index (χ1v) is 10.8. The molecule has 2 atom stereocenters. The summed E-state index contributed by atoms with van der Waals surface area (Å²) in [6.07, 6.45) is 4.97. The molecule has 0 bridgehead atoms. The molecule has 0 radical (unpaired) electrons. The number of nitrogens with zero attached hydrogens (tertiary/aromatic N) is 6. The van der Waals surface area contributed by atoms with Crippen LogP contribution in [0.1, 0.15) is 24.2 Å². The SMILES string of the molecule is CC(C(Cn1cncn1)c1ccc(F)cc1F)N1CCn2cc(-c3cccc(F)c3)nc2C1. The van der Waals surface area contributed by atoms with Crippen molar-refractivity contribution in [2.45, 2.75) is 38.5 Å². The van der Waals surface area contributed by atoms with Crippen LogP contribution in [0.25, 0.3) is 11.3 Å². The number of halogens is 3. The first-order chi connectivity index (χ1) is 16.0. The molecule has 1 aliphatic rings. The predicted molar refractivity (Wildman–Crippen MR) is 117 cm³/mol. The summed E-state index contributed by atoms with van der Waals surface area (Å²) in [7, 11) is 0. The van der Waals surface area contributed by atoms with Gasteiger partial charge in [0.25, 0.3) is 0 Å². The minimum Gasteiger partial charge on any atom is -0.332 e. The molecule has 33 heavy (non-hydrogen) atoms. The smallest absolute Gasteiger partial charge is 0.137 e. The second-order valence-electron chi connectivity index (χ2n) is 8.35. The molecule has 170 valence electrons. The molecule has 2 unspecified atom stereocenters. The van der Waals surface area contributed by atoms with Gasteiger partial charge in [0.15, 0.2) is 0 Å². The first-order valence-electron chi connectivity index (χ1n) is 10.8. The molecule has 2 aromatic carbocycles. The Hall–Kier alpha value is -3.46. The molecular formula is C24H23F3N6.